The number of sulfonamides is 1. The van der Waals surface area contributed by atoms with E-state index in [-0.39, 0.29) is 36.7 Å². The van der Waals surface area contributed by atoms with Crippen molar-refractivity contribution in [2.24, 2.45) is 11.8 Å². The van der Waals surface area contributed by atoms with E-state index in [1.54, 1.807) is 0 Å². The molecule has 1 atom stereocenters. The summed E-state index contributed by atoms with van der Waals surface area (Å²) in [5.41, 5.74) is 0.443. The summed E-state index contributed by atoms with van der Waals surface area (Å²) in [5, 5.41) is 2.74. The topological polar surface area (TPSA) is 96.0 Å². The molecule has 2 aliphatic heterocycles. The third-order valence-electron chi connectivity index (χ3n) is 5.86. The number of carbonyl (C=O) groups is 2. The number of anilines is 1. The maximum atomic E-state index is 12.8. The molecule has 2 saturated heterocycles. The van der Waals surface area contributed by atoms with Crippen molar-refractivity contribution in [1.82, 2.24) is 9.21 Å². The van der Waals surface area contributed by atoms with Crippen LogP contribution in [0.25, 0.3) is 0 Å². The van der Waals surface area contributed by atoms with E-state index in [1.165, 1.54) is 28.6 Å². The molecule has 0 saturated carbocycles. The van der Waals surface area contributed by atoms with Crippen LogP contribution in [0.1, 0.15) is 32.6 Å². The Bertz CT molecular complexity index is 945. The first-order valence-corrected chi connectivity index (χ1v) is 12.3. The van der Waals surface area contributed by atoms with Crippen LogP contribution in [0.3, 0.4) is 0 Å². The summed E-state index contributed by atoms with van der Waals surface area (Å²) < 4.78 is 67.9. The molecular weight excluding hydrogens is 463 g/mol. The Labute approximate surface area is 191 Å². The Kier molecular flexibility index (Phi) is 7.88. The van der Waals surface area contributed by atoms with Crippen molar-refractivity contribution in [3.63, 3.8) is 0 Å². The van der Waals surface area contributed by atoms with Crippen molar-refractivity contribution < 1.29 is 35.9 Å². The van der Waals surface area contributed by atoms with E-state index in [4.69, 9.17) is 0 Å². The van der Waals surface area contributed by atoms with Crippen LogP contribution in [0.15, 0.2) is 29.2 Å². The normalized spacial score (nSPS) is 21.0. The van der Waals surface area contributed by atoms with Crippen LogP contribution in [-0.4, -0.2) is 68.6 Å². The Morgan fingerprint density at radius 1 is 1.09 bits per heavy atom. The fourth-order valence-corrected chi connectivity index (χ4v) is 5.63. The van der Waals surface area contributed by atoms with E-state index in [0.717, 1.165) is 17.7 Å². The fraction of sp³-hybridized carbons (Fsp3) is 0.619. The Morgan fingerprint density at radius 3 is 2.30 bits per heavy atom. The van der Waals surface area contributed by atoms with Gasteiger partial charge in [0.15, 0.2) is 6.61 Å². The molecular formula is C21H28F3N3O5S. The Balaban J connectivity index is 1.50. The highest BCUT2D eigenvalue weighted by Gasteiger charge is 2.33. The van der Waals surface area contributed by atoms with Gasteiger partial charge in [-0.15, -0.1) is 0 Å². The van der Waals surface area contributed by atoms with Crippen LogP contribution in [0, 0.1) is 11.8 Å². The standard InChI is InChI=1S/C21H28F3N3O5S/c1-15-3-2-10-27(13-15)33(30,31)18-6-4-17(5-7-18)25-19(28)16-8-11-26(12-9-16)20(29)32-14-21(22,23)24/h4-7,15-16H,2-3,8-14H2,1H3,(H,25,28). The maximum Gasteiger partial charge on any atom is 0.422 e. The van der Waals surface area contributed by atoms with E-state index in [9.17, 15) is 31.2 Å². The summed E-state index contributed by atoms with van der Waals surface area (Å²) in [5.74, 6) is -0.404. The molecule has 0 aliphatic carbocycles. The van der Waals surface area contributed by atoms with Gasteiger partial charge >= 0.3 is 12.3 Å². The molecule has 2 amide bonds. The number of benzene rings is 1. The number of rotatable bonds is 5. The third kappa shape index (κ3) is 6.83. The summed E-state index contributed by atoms with van der Waals surface area (Å²) in [6, 6.07) is 5.98. The fourth-order valence-electron chi connectivity index (χ4n) is 4.03. The third-order valence-corrected chi connectivity index (χ3v) is 7.74. The number of likely N-dealkylation sites (tertiary alicyclic amines) is 1. The van der Waals surface area contributed by atoms with Gasteiger partial charge in [-0.1, -0.05) is 6.92 Å². The van der Waals surface area contributed by atoms with Gasteiger partial charge in [-0.05, 0) is 55.9 Å². The second-order valence-electron chi connectivity index (χ2n) is 8.56. The average molecular weight is 492 g/mol. The lowest BCUT2D eigenvalue weighted by atomic mass is 9.96. The molecule has 0 radical (unpaired) electrons. The summed E-state index contributed by atoms with van der Waals surface area (Å²) in [4.78, 5) is 25.6. The highest BCUT2D eigenvalue weighted by Crippen LogP contribution is 2.25. The lowest BCUT2D eigenvalue weighted by molar-refractivity contribution is -0.162. The van der Waals surface area contributed by atoms with Gasteiger partial charge in [0.25, 0.3) is 0 Å². The van der Waals surface area contributed by atoms with Crippen molar-refractivity contribution in [3.05, 3.63) is 24.3 Å². The minimum atomic E-state index is -4.59. The van der Waals surface area contributed by atoms with Crippen molar-refractivity contribution in [3.8, 4) is 0 Å². The number of carbonyl (C=O) groups excluding carboxylic acids is 2. The van der Waals surface area contributed by atoms with Gasteiger partial charge in [-0.2, -0.15) is 17.5 Å². The van der Waals surface area contributed by atoms with Crippen molar-refractivity contribution in [2.75, 3.05) is 38.1 Å². The minimum absolute atomic E-state index is 0.111. The second-order valence-corrected chi connectivity index (χ2v) is 10.5. The lowest BCUT2D eigenvalue weighted by Gasteiger charge is -2.30. The van der Waals surface area contributed by atoms with Gasteiger partial charge in [0.2, 0.25) is 15.9 Å². The molecule has 0 spiro atoms. The highest BCUT2D eigenvalue weighted by atomic mass is 32.2. The number of piperidine rings is 2. The van der Waals surface area contributed by atoms with Crippen molar-refractivity contribution in [1.29, 1.82) is 0 Å². The van der Waals surface area contributed by atoms with Gasteiger partial charge < -0.3 is 15.0 Å². The van der Waals surface area contributed by atoms with Crippen molar-refractivity contribution >= 4 is 27.7 Å². The summed E-state index contributed by atoms with van der Waals surface area (Å²) in [6.45, 7) is 1.59. The predicted octanol–water partition coefficient (Wildman–Crippen LogP) is 3.46. The number of ether oxygens (including phenoxy) is 1. The number of hydrogen-bond acceptors (Lipinski definition) is 5. The van der Waals surface area contributed by atoms with Crippen LogP contribution >= 0.6 is 0 Å². The maximum absolute atomic E-state index is 12.8. The molecule has 2 heterocycles. The van der Waals surface area contributed by atoms with Crippen LogP contribution in [0.2, 0.25) is 0 Å². The summed E-state index contributed by atoms with van der Waals surface area (Å²) in [7, 11) is -3.59. The first-order chi connectivity index (χ1) is 15.5. The van der Waals surface area contributed by atoms with E-state index < -0.39 is 34.8 Å². The van der Waals surface area contributed by atoms with E-state index >= 15 is 0 Å². The van der Waals surface area contributed by atoms with Crippen LogP contribution in [-0.2, 0) is 19.6 Å². The molecule has 0 aromatic heterocycles. The first-order valence-electron chi connectivity index (χ1n) is 10.9. The number of hydrogen-bond donors (Lipinski definition) is 1. The van der Waals surface area contributed by atoms with E-state index in [1.807, 2.05) is 6.92 Å². The van der Waals surface area contributed by atoms with Gasteiger partial charge in [-0.3, -0.25) is 4.79 Å². The van der Waals surface area contributed by atoms with Crippen LogP contribution in [0.5, 0.6) is 0 Å². The quantitative estimate of drug-likeness (QED) is 0.681. The predicted molar refractivity (Wildman–Crippen MR) is 114 cm³/mol. The number of halogens is 3. The molecule has 2 aliphatic rings. The number of nitrogens with zero attached hydrogens (tertiary/aromatic N) is 2. The van der Waals surface area contributed by atoms with Crippen LogP contribution in [0.4, 0.5) is 23.7 Å². The summed E-state index contributed by atoms with van der Waals surface area (Å²) >= 11 is 0. The zero-order valence-electron chi connectivity index (χ0n) is 18.3. The van der Waals surface area contributed by atoms with Gasteiger partial charge in [-0.25, -0.2) is 13.2 Å². The second kappa shape index (κ2) is 10.3. The monoisotopic (exact) mass is 491 g/mol. The van der Waals surface area contributed by atoms with E-state index in [0.29, 0.717) is 24.7 Å². The number of nitrogens with one attached hydrogen (secondary N) is 1. The molecule has 33 heavy (non-hydrogen) atoms. The largest absolute Gasteiger partial charge is 0.440 e. The average Bonchev–Trinajstić information content (AvgIpc) is 2.77. The zero-order valence-corrected chi connectivity index (χ0v) is 19.1. The van der Waals surface area contributed by atoms with Gasteiger partial charge in [0, 0.05) is 37.8 Å². The van der Waals surface area contributed by atoms with Gasteiger partial charge in [0.05, 0.1) is 4.90 Å². The molecule has 3 rings (SSSR count). The zero-order chi connectivity index (χ0) is 24.2. The molecule has 1 aromatic rings. The highest BCUT2D eigenvalue weighted by molar-refractivity contribution is 7.89. The Hall–Kier alpha value is -2.34. The van der Waals surface area contributed by atoms with Gasteiger partial charge in [0.1, 0.15) is 0 Å². The molecule has 12 heteroatoms. The molecule has 8 nitrogen and oxygen atoms in total. The molecule has 1 N–H and O–H groups in total. The number of alkyl halides is 3. The van der Waals surface area contributed by atoms with E-state index in [2.05, 4.69) is 10.1 Å². The molecule has 1 aromatic carbocycles. The Morgan fingerprint density at radius 2 is 1.73 bits per heavy atom. The lowest BCUT2D eigenvalue weighted by Crippen LogP contribution is -2.42. The van der Waals surface area contributed by atoms with Crippen LogP contribution < -0.4 is 5.32 Å². The first kappa shape index (κ1) is 25.3. The molecule has 2 fully saturated rings. The molecule has 184 valence electrons. The molecule has 1 unspecified atom stereocenters. The van der Waals surface area contributed by atoms with Crippen molar-refractivity contribution in [2.45, 2.75) is 43.7 Å². The smallest absolute Gasteiger partial charge is 0.422 e. The minimum Gasteiger partial charge on any atom is -0.440 e. The number of amides is 2. The SMILES string of the molecule is CC1CCCN(S(=O)(=O)c2ccc(NC(=O)C3CCN(C(=O)OCC(F)(F)F)CC3)cc2)C1. The summed E-state index contributed by atoms with van der Waals surface area (Å²) in [6.07, 6.45) is -3.24. The molecule has 0 bridgehead atoms.